The summed E-state index contributed by atoms with van der Waals surface area (Å²) in [6, 6.07) is 0. The highest BCUT2D eigenvalue weighted by molar-refractivity contribution is 5.76. The molecule has 0 aromatic rings. The van der Waals surface area contributed by atoms with Crippen LogP contribution in [0.2, 0.25) is 0 Å². The molecule has 0 aliphatic rings. The molecule has 0 aliphatic carbocycles. The second-order valence-electron chi connectivity index (χ2n) is 2.95. The Morgan fingerprint density at radius 2 is 1.64 bits per heavy atom. The molecule has 2 atom stereocenters. The van der Waals surface area contributed by atoms with Crippen LogP contribution in [0.3, 0.4) is 0 Å². The van der Waals surface area contributed by atoms with Gasteiger partial charge in [0.25, 0.3) is 0 Å². The Bertz CT molecular complexity index is 196. The van der Waals surface area contributed by atoms with Crippen LogP contribution < -0.4 is 0 Å². The molecule has 0 aromatic carbocycles. The van der Waals surface area contributed by atoms with E-state index in [0.717, 1.165) is 0 Å². The third kappa shape index (κ3) is 7.51. The lowest BCUT2D eigenvalue weighted by Crippen LogP contribution is -2.33. The van der Waals surface area contributed by atoms with Crippen molar-refractivity contribution in [1.29, 1.82) is 0 Å². The third-order valence-electron chi connectivity index (χ3n) is 1.51. The molecule has 2 unspecified atom stereocenters. The lowest BCUT2D eigenvalue weighted by Gasteiger charge is -2.13. The van der Waals surface area contributed by atoms with Crippen molar-refractivity contribution in [3.8, 4) is 0 Å². The van der Waals surface area contributed by atoms with Crippen LogP contribution in [0.1, 0.15) is 27.2 Å². The van der Waals surface area contributed by atoms with E-state index in [2.05, 4.69) is 0 Å². The Morgan fingerprint density at radius 1 is 1.36 bits per heavy atom. The van der Waals surface area contributed by atoms with E-state index >= 15 is 0 Å². The summed E-state index contributed by atoms with van der Waals surface area (Å²) in [5, 5.41) is 32.8. The van der Waals surface area contributed by atoms with Crippen LogP contribution in [0.15, 0.2) is 0 Å². The van der Waals surface area contributed by atoms with Crippen molar-refractivity contribution >= 4 is 11.9 Å². The molecule has 84 valence electrons. The maximum atomic E-state index is 10.0. The molecule has 14 heavy (non-hydrogen) atoms. The largest absolute Gasteiger partial charge is 0.479 e. The molecule has 0 heterocycles. The quantitative estimate of drug-likeness (QED) is 0.505. The Hall–Kier alpha value is -1.14. The summed E-state index contributed by atoms with van der Waals surface area (Å²) < 4.78 is 0. The molecule has 6 heteroatoms. The van der Waals surface area contributed by atoms with Crippen LogP contribution in [0.5, 0.6) is 0 Å². The first-order chi connectivity index (χ1) is 6.15. The zero-order valence-electron chi connectivity index (χ0n) is 8.39. The van der Waals surface area contributed by atoms with Crippen molar-refractivity contribution in [1.82, 2.24) is 0 Å². The Labute approximate surface area is 81.8 Å². The smallest absolute Gasteiger partial charge is 0.335 e. The number of aliphatic hydroxyl groups is 2. The minimum Gasteiger partial charge on any atom is -0.479 e. The summed E-state index contributed by atoms with van der Waals surface area (Å²) in [4.78, 5) is 19.5. The van der Waals surface area contributed by atoms with E-state index in [9.17, 15) is 9.59 Å². The van der Waals surface area contributed by atoms with Gasteiger partial charge in [0.15, 0.2) is 5.60 Å². The highest BCUT2D eigenvalue weighted by Crippen LogP contribution is 2.06. The van der Waals surface area contributed by atoms with Gasteiger partial charge in [-0.25, -0.2) is 9.59 Å². The highest BCUT2D eigenvalue weighted by atomic mass is 16.4. The summed E-state index contributed by atoms with van der Waals surface area (Å²) in [7, 11) is 0. The number of rotatable bonds is 3. The van der Waals surface area contributed by atoms with E-state index in [1.54, 1.807) is 6.92 Å². The first-order valence-corrected chi connectivity index (χ1v) is 4.01. The molecule has 0 rings (SSSR count). The third-order valence-corrected chi connectivity index (χ3v) is 1.51. The molecule has 0 fully saturated rings. The van der Waals surface area contributed by atoms with Gasteiger partial charge in [0.1, 0.15) is 6.10 Å². The van der Waals surface area contributed by atoms with Crippen LogP contribution in [-0.2, 0) is 9.59 Å². The number of carboxylic acid groups (broad SMARTS) is 2. The number of hydrogen-bond donors (Lipinski definition) is 4. The van der Waals surface area contributed by atoms with Crippen molar-refractivity contribution in [2.45, 2.75) is 38.9 Å². The van der Waals surface area contributed by atoms with E-state index < -0.39 is 23.6 Å². The molecular weight excluding hydrogens is 192 g/mol. The predicted octanol–water partition coefficient (Wildman–Crippen LogP) is -0.316. The SMILES string of the molecule is CC(O)C(=O)O.CCC(C)(O)C(=O)O. The molecule has 0 radical (unpaired) electrons. The van der Waals surface area contributed by atoms with Gasteiger partial charge in [0, 0.05) is 0 Å². The predicted molar refractivity (Wildman–Crippen MR) is 47.9 cm³/mol. The number of carbonyl (C=O) groups is 2. The number of carboxylic acids is 2. The molecule has 0 spiro atoms. The second kappa shape index (κ2) is 6.33. The summed E-state index contributed by atoms with van der Waals surface area (Å²) in [6.45, 7) is 4.09. The van der Waals surface area contributed by atoms with Gasteiger partial charge >= 0.3 is 11.9 Å². The van der Waals surface area contributed by atoms with Gasteiger partial charge in [-0.3, -0.25) is 0 Å². The van der Waals surface area contributed by atoms with Gasteiger partial charge < -0.3 is 20.4 Å². The van der Waals surface area contributed by atoms with Crippen molar-refractivity contribution in [2.75, 3.05) is 0 Å². The van der Waals surface area contributed by atoms with E-state index in [4.69, 9.17) is 20.4 Å². The average Bonchev–Trinajstić information content (AvgIpc) is 2.05. The Kier molecular flexibility index (Phi) is 6.94. The number of aliphatic hydroxyl groups excluding tert-OH is 1. The highest BCUT2D eigenvalue weighted by Gasteiger charge is 2.26. The molecular formula is C8H16O6. The van der Waals surface area contributed by atoms with Gasteiger partial charge in [-0.1, -0.05) is 6.92 Å². The van der Waals surface area contributed by atoms with Gasteiger partial charge in [-0.05, 0) is 20.3 Å². The lowest BCUT2D eigenvalue weighted by atomic mass is 10.1. The topological polar surface area (TPSA) is 115 Å². The van der Waals surface area contributed by atoms with Crippen LogP contribution in [-0.4, -0.2) is 44.1 Å². The molecule has 4 N–H and O–H groups in total. The molecule has 0 aromatic heterocycles. The van der Waals surface area contributed by atoms with E-state index in [0.29, 0.717) is 0 Å². The second-order valence-corrected chi connectivity index (χ2v) is 2.95. The molecule has 0 amide bonds. The minimum atomic E-state index is -1.54. The van der Waals surface area contributed by atoms with Gasteiger partial charge in [0.2, 0.25) is 0 Å². The van der Waals surface area contributed by atoms with Crippen molar-refractivity contribution in [3.05, 3.63) is 0 Å². The van der Waals surface area contributed by atoms with Crippen molar-refractivity contribution in [2.24, 2.45) is 0 Å². The summed E-state index contributed by atoms with van der Waals surface area (Å²) in [5.74, 6) is -2.35. The Morgan fingerprint density at radius 3 is 1.64 bits per heavy atom. The molecule has 6 nitrogen and oxygen atoms in total. The van der Waals surface area contributed by atoms with Gasteiger partial charge in [-0.2, -0.15) is 0 Å². The maximum absolute atomic E-state index is 10.0. The fraction of sp³-hybridized carbons (Fsp3) is 0.750. The van der Waals surface area contributed by atoms with Crippen LogP contribution in [0.4, 0.5) is 0 Å². The Balaban J connectivity index is 0. The summed E-state index contributed by atoms with van der Waals surface area (Å²) in [5.41, 5.74) is -1.54. The molecule has 0 saturated heterocycles. The monoisotopic (exact) mass is 208 g/mol. The maximum Gasteiger partial charge on any atom is 0.335 e. The number of hydrogen-bond acceptors (Lipinski definition) is 4. The first kappa shape index (κ1) is 15.3. The number of aliphatic carboxylic acids is 2. The van der Waals surface area contributed by atoms with E-state index in [1.165, 1.54) is 13.8 Å². The van der Waals surface area contributed by atoms with E-state index in [1.807, 2.05) is 0 Å². The molecule has 0 aliphatic heterocycles. The molecule has 0 saturated carbocycles. The van der Waals surface area contributed by atoms with E-state index in [-0.39, 0.29) is 6.42 Å². The summed E-state index contributed by atoms with van der Waals surface area (Å²) >= 11 is 0. The fourth-order valence-electron chi connectivity index (χ4n) is 0.151. The molecule has 0 bridgehead atoms. The lowest BCUT2D eigenvalue weighted by molar-refractivity contribution is -0.156. The van der Waals surface area contributed by atoms with Gasteiger partial charge in [-0.15, -0.1) is 0 Å². The van der Waals surface area contributed by atoms with Crippen LogP contribution >= 0.6 is 0 Å². The summed E-state index contributed by atoms with van der Waals surface area (Å²) in [6.07, 6.45) is -0.993. The van der Waals surface area contributed by atoms with Crippen LogP contribution in [0, 0.1) is 0 Å². The van der Waals surface area contributed by atoms with Crippen molar-refractivity contribution in [3.63, 3.8) is 0 Å². The van der Waals surface area contributed by atoms with Crippen LogP contribution in [0.25, 0.3) is 0 Å². The zero-order valence-corrected chi connectivity index (χ0v) is 8.39. The standard InChI is InChI=1S/C5H10O3.C3H6O3/c1-3-5(2,8)4(6)7;1-2(4)3(5)6/h8H,3H2,1-2H3,(H,6,7);2,4H,1H3,(H,5,6). The average molecular weight is 208 g/mol. The fourth-order valence-corrected chi connectivity index (χ4v) is 0.151. The zero-order chi connectivity index (χ0) is 11.9. The van der Waals surface area contributed by atoms with Gasteiger partial charge in [0.05, 0.1) is 0 Å². The van der Waals surface area contributed by atoms with Crippen molar-refractivity contribution < 1.29 is 30.0 Å². The normalized spacial score (nSPS) is 15.8. The minimum absolute atomic E-state index is 0.238. The first-order valence-electron chi connectivity index (χ1n) is 4.01.